The number of rotatable bonds is 4. The Kier molecular flexibility index (Phi) is 4.26. The second kappa shape index (κ2) is 7.01. The van der Waals surface area contributed by atoms with Gasteiger partial charge in [-0.2, -0.15) is 0 Å². The summed E-state index contributed by atoms with van der Waals surface area (Å²) in [6.07, 6.45) is 0. The van der Waals surface area contributed by atoms with E-state index in [1.54, 1.807) is 36.4 Å². The van der Waals surface area contributed by atoms with Crippen molar-refractivity contribution in [2.24, 2.45) is 12.8 Å². The zero-order valence-electron chi connectivity index (χ0n) is 17.0. The van der Waals surface area contributed by atoms with Crippen LogP contribution in [0.1, 0.15) is 10.5 Å². The molecule has 0 aliphatic carbocycles. The topological polar surface area (TPSA) is 144 Å². The Balaban J connectivity index is 1.85. The van der Waals surface area contributed by atoms with Crippen molar-refractivity contribution < 1.29 is 24.1 Å². The first-order valence-corrected chi connectivity index (χ1v) is 9.46. The number of phenolic OH excluding ortho intramolecular Hbond substituents is 1. The van der Waals surface area contributed by atoms with Crippen molar-refractivity contribution in [1.82, 2.24) is 19.1 Å². The molecule has 0 saturated carbocycles. The molecule has 5 rings (SSSR count). The number of benzene rings is 2. The molecule has 3 heterocycles. The van der Waals surface area contributed by atoms with Crippen molar-refractivity contribution >= 4 is 17.1 Å². The molecule has 162 valence electrons. The molecule has 11 heteroatoms. The van der Waals surface area contributed by atoms with Gasteiger partial charge in [0.2, 0.25) is 6.79 Å². The number of carbonyl (C=O) groups is 1. The molecule has 2 aromatic heterocycles. The van der Waals surface area contributed by atoms with E-state index in [0.717, 1.165) is 0 Å². The molecule has 0 unspecified atom stereocenters. The molecule has 2 aromatic carbocycles. The third-order valence-corrected chi connectivity index (χ3v) is 5.20. The highest BCUT2D eigenvalue weighted by Crippen LogP contribution is 2.37. The number of para-hydroxylation sites is 1. The number of hydrogen-bond acceptors (Lipinski definition) is 8. The molecule has 32 heavy (non-hydrogen) atoms. The molecular weight excluding hydrogens is 418 g/mol. The maximum absolute atomic E-state index is 13.1. The Hall–Kier alpha value is -4.54. The molecule has 3 N–H and O–H groups in total. The van der Waals surface area contributed by atoms with Gasteiger partial charge in [0.25, 0.3) is 5.91 Å². The van der Waals surface area contributed by atoms with Crippen molar-refractivity contribution in [1.29, 1.82) is 0 Å². The normalized spacial score (nSPS) is 12.3. The molecule has 4 aromatic rings. The zero-order chi connectivity index (χ0) is 22.6. The van der Waals surface area contributed by atoms with E-state index >= 15 is 0 Å². The van der Waals surface area contributed by atoms with Gasteiger partial charge in [-0.15, -0.1) is 0 Å². The first kappa shape index (κ1) is 19.4. The molecule has 0 spiro atoms. The van der Waals surface area contributed by atoms with Crippen LogP contribution in [-0.2, 0) is 7.05 Å². The van der Waals surface area contributed by atoms with Gasteiger partial charge >= 0.3 is 5.69 Å². The average Bonchev–Trinajstić information content (AvgIpc) is 3.35. The fourth-order valence-electron chi connectivity index (χ4n) is 3.66. The number of nitrogens with zero attached hydrogens (tertiary/aromatic N) is 4. The highest BCUT2D eigenvalue weighted by atomic mass is 16.7. The Bertz CT molecular complexity index is 1470. The second-order valence-corrected chi connectivity index (χ2v) is 7.00. The van der Waals surface area contributed by atoms with E-state index in [0.29, 0.717) is 17.2 Å². The van der Waals surface area contributed by atoms with E-state index < -0.39 is 11.6 Å². The molecular formula is C21H17N5O6. The minimum absolute atomic E-state index is 0.00259. The summed E-state index contributed by atoms with van der Waals surface area (Å²) in [4.78, 5) is 34.2. The highest BCUT2D eigenvalue weighted by Gasteiger charge is 2.25. The van der Waals surface area contributed by atoms with Crippen LogP contribution in [0, 0.1) is 0 Å². The SMILES string of the molecule is COc1cccc(-c2nc(C(N)=O)c3c(n2)n(-c2ccc4c(c2)OCO4)c(=O)n3C)c1O. The number of ether oxygens (including phenoxy) is 3. The van der Waals surface area contributed by atoms with Crippen LogP contribution in [0.15, 0.2) is 41.2 Å². The molecule has 1 aliphatic rings. The lowest BCUT2D eigenvalue weighted by atomic mass is 10.1. The van der Waals surface area contributed by atoms with Gasteiger partial charge in [0.05, 0.1) is 18.4 Å². The average molecular weight is 435 g/mol. The van der Waals surface area contributed by atoms with Crippen LogP contribution in [0.2, 0.25) is 0 Å². The lowest BCUT2D eigenvalue weighted by Gasteiger charge is -2.10. The number of amides is 1. The number of hydrogen-bond donors (Lipinski definition) is 2. The number of phenols is 1. The number of imidazole rings is 1. The summed E-state index contributed by atoms with van der Waals surface area (Å²) in [5.41, 5.74) is 5.90. The Morgan fingerprint density at radius 1 is 1.19 bits per heavy atom. The maximum Gasteiger partial charge on any atom is 0.334 e. The van der Waals surface area contributed by atoms with Crippen LogP contribution in [0.3, 0.4) is 0 Å². The van der Waals surface area contributed by atoms with E-state index in [1.807, 2.05) is 0 Å². The number of aryl methyl sites for hydroxylation is 1. The van der Waals surface area contributed by atoms with Crippen LogP contribution < -0.4 is 25.6 Å². The standard InChI is InChI=1S/C21H17N5O6/c1-25-16-15(18(22)28)23-19(11-4-3-5-13(30-2)17(11)27)24-20(16)26(21(25)29)10-6-7-12-14(8-10)32-9-31-12/h3-8,27H,9H2,1-2H3,(H2,22,28). The van der Waals surface area contributed by atoms with Crippen molar-refractivity contribution in [3.8, 4) is 40.1 Å². The molecule has 0 atom stereocenters. The summed E-state index contributed by atoms with van der Waals surface area (Å²) in [6.45, 7) is 0.0798. The van der Waals surface area contributed by atoms with Gasteiger partial charge in [0, 0.05) is 13.1 Å². The van der Waals surface area contributed by atoms with Gasteiger partial charge in [-0.1, -0.05) is 6.07 Å². The first-order valence-electron chi connectivity index (χ1n) is 9.46. The van der Waals surface area contributed by atoms with E-state index in [1.165, 1.54) is 23.3 Å². The van der Waals surface area contributed by atoms with Gasteiger partial charge in [0.1, 0.15) is 5.52 Å². The number of aromatic nitrogens is 4. The molecule has 0 saturated heterocycles. The van der Waals surface area contributed by atoms with Crippen LogP contribution in [-0.4, -0.2) is 44.0 Å². The number of nitrogens with two attached hydrogens (primary N) is 1. The van der Waals surface area contributed by atoms with E-state index in [4.69, 9.17) is 19.9 Å². The van der Waals surface area contributed by atoms with Crippen molar-refractivity contribution in [3.05, 3.63) is 52.6 Å². The minimum Gasteiger partial charge on any atom is -0.504 e. The Labute approximate surface area is 180 Å². The lowest BCUT2D eigenvalue weighted by molar-refractivity contribution is 0.0997. The molecule has 1 aliphatic heterocycles. The van der Waals surface area contributed by atoms with Gasteiger partial charge < -0.3 is 25.1 Å². The monoisotopic (exact) mass is 435 g/mol. The molecule has 0 radical (unpaired) electrons. The van der Waals surface area contributed by atoms with Gasteiger partial charge in [-0.3, -0.25) is 9.36 Å². The van der Waals surface area contributed by atoms with E-state index in [9.17, 15) is 14.7 Å². The minimum atomic E-state index is -0.848. The van der Waals surface area contributed by atoms with Crippen molar-refractivity contribution in [2.45, 2.75) is 0 Å². The van der Waals surface area contributed by atoms with Crippen molar-refractivity contribution in [3.63, 3.8) is 0 Å². The summed E-state index contributed by atoms with van der Waals surface area (Å²) in [6, 6.07) is 9.75. The van der Waals surface area contributed by atoms with Crippen LogP contribution in [0.25, 0.3) is 28.2 Å². The summed E-state index contributed by atoms with van der Waals surface area (Å²) >= 11 is 0. The zero-order valence-corrected chi connectivity index (χ0v) is 17.0. The molecule has 0 fully saturated rings. The third kappa shape index (κ3) is 2.75. The van der Waals surface area contributed by atoms with E-state index in [-0.39, 0.29) is 46.5 Å². The fourth-order valence-corrected chi connectivity index (χ4v) is 3.66. The Morgan fingerprint density at radius 2 is 1.97 bits per heavy atom. The summed E-state index contributed by atoms with van der Waals surface area (Å²) in [5, 5.41) is 10.6. The van der Waals surface area contributed by atoms with Gasteiger partial charge in [-0.25, -0.2) is 19.3 Å². The predicted octanol–water partition coefficient (Wildman–Crippen LogP) is 1.33. The van der Waals surface area contributed by atoms with Crippen LogP contribution in [0.5, 0.6) is 23.0 Å². The summed E-state index contributed by atoms with van der Waals surface area (Å²) in [5.74, 6) is 0.172. The Morgan fingerprint density at radius 3 is 2.72 bits per heavy atom. The number of aromatic hydroxyl groups is 1. The number of fused-ring (bicyclic) bond motifs is 2. The predicted molar refractivity (Wildman–Crippen MR) is 112 cm³/mol. The third-order valence-electron chi connectivity index (χ3n) is 5.20. The van der Waals surface area contributed by atoms with Gasteiger partial charge in [0.15, 0.2) is 40.2 Å². The number of carbonyl (C=O) groups excluding carboxylic acids is 1. The van der Waals surface area contributed by atoms with Crippen LogP contribution in [0.4, 0.5) is 0 Å². The van der Waals surface area contributed by atoms with Crippen LogP contribution >= 0.6 is 0 Å². The van der Waals surface area contributed by atoms with Gasteiger partial charge in [-0.05, 0) is 24.3 Å². The first-order chi connectivity index (χ1) is 15.4. The fraction of sp³-hybridized carbons (Fsp3) is 0.143. The molecule has 0 bridgehead atoms. The largest absolute Gasteiger partial charge is 0.504 e. The second-order valence-electron chi connectivity index (χ2n) is 7.00. The lowest BCUT2D eigenvalue weighted by Crippen LogP contribution is -2.21. The van der Waals surface area contributed by atoms with E-state index in [2.05, 4.69) is 9.97 Å². The number of methoxy groups -OCH3 is 1. The molecule has 1 amide bonds. The quantitative estimate of drug-likeness (QED) is 0.489. The maximum atomic E-state index is 13.1. The summed E-state index contributed by atoms with van der Waals surface area (Å²) < 4.78 is 18.5. The number of primary amides is 1. The summed E-state index contributed by atoms with van der Waals surface area (Å²) in [7, 11) is 2.90. The molecule has 11 nitrogen and oxygen atoms in total. The smallest absolute Gasteiger partial charge is 0.334 e. The highest BCUT2D eigenvalue weighted by molar-refractivity contribution is 6.02. The van der Waals surface area contributed by atoms with Crippen molar-refractivity contribution in [2.75, 3.05) is 13.9 Å².